The lowest BCUT2D eigenvalue weighted by Crippen LogP contribution is -2.37. The molecule has 0 saturated heterocycles. The first kappa shape index (κ1) is 20.3. The quantitative estimate of drug-likeness (QED) is 0.469. The summed E-state index contributed by atoms with van der Waals surface area (Å²) in [5.74, 6) is 2.07. The van der Waals surface area contributed by atoms with Gasteiger partial charge in [-0.3, -0.25) is 0 Å². The summed E-state index contributed by atoms with van der Waals surface area (Å²) in [4.78, 5) is 9.00. The molecule has 3 N–H and O–H groups in total. The van der Waals surface area contributed by atoms with E-state index in [1.807, 2.05) is 44.2 Å². The zero-order chi connectivity index (χ0) is 19.8. The number of nitrogens with one attached hydrogen (secondary N) is 3. The fourth-order valence-electron chi connectivity index (χ4n) is 3.38. The normalized spacial score (nSPS) is 14.8. The SMILES string of the molecule is CCOc1ccc(Nc2cc(C)nc(NC(=S)NC3CCCCCC3)n2)cc1. The Kier molecular flexibility index (Phi) is 7.42. The summed E-state index contributed by atoms with van der Waals surface area (Å²) in [7, 11) is 0. The second kappa shape index (κ2) is 10.2. The van der Waals surface area contributed by atoms with Crippen molar-refractivity contribution >= 4 is 34.8 Å². The van der Waals surface area contributed by atoms with Crippen molar-refractivity contribution in [1.82, 2.24) is 15.3 Å². The number of rotatable bonds is 6. The third kappa shape index (κ3) is 6.34. The molecule has 0 unspecified atom stereocenters. The van der Waals surface area contributed by atoms with Gasteiger partial charge < -0.3 is 20.7 Å². The molecule has 1 fully saturated rings. The molecule has 2 aromatic rings. The van der Waals surface area contributed by atoms with E-state index in [2.05, 4.69) is 25.9 Å². The van der Waals surface area contributed by atoms with E-state index < -0.39 is 0 Å². The number of hydrogen-bond acceptors (Lipinski definition) is 5. The number of aryl methyl sites for hydroxylation is 1. The van der Waals surface area contributed by atoms with Crippen LogP contribution >= 0.6 is 12.2 Å². The molecule has 0 aliphatic heterocycles. The Morgan fingerprint density at radius 2 is 1.82 bits per heavy atom. The Morgan fingerprint density at radius 1 is 1.11 bits per heavy atom. The first-order valence-corrected chi connectivity index (χ1v) is 10.5. The van der Waals surface area contributed by atoms with Gasteiger partial charge in [-0.1, -0.05) is 25.7 Å². The minimum atomic E-state index is 0.439. The standard InChI is InChI=1S/C21H29N5OS/c1-3-27-18-12-10-17(11-13-18)23-19-14-15(2)22-20(25-19)26-21(28)24-16-8-6-4-5-7-9-16/h10-14,16H,3-9H2,1-2H3,(H3,22,23,24,25,26,28). The highest BCUT2D eigenvalue weighted by Crippen LogP contribution is 2.21. The highest BCUT2D eigenvalue weighted by atomic mass is 32.1. The van der Waals surface area contributed by atoms with Crippen molar-refractivity contribution in [2.75, 3.05) is 17.2 Å². The molecule has 6 nitrogen and oxygen atoms in total. The van der Waals surface area contributed by atoms with Crippen LogP contribution in [-0.2, 0) is 0 Å². The Bertz CT molecular complexity index is 773. The lowest BCUT2D eigenvalue weighted by molar-refractivity contribution is 0.340. The van der Waals surface area contributed by atoms with Gasteiger partial charge in [0.15, 0.2) is 5.11 Å². The smallest absolute Gasteiger partial charge is 0.231 e. The minimum Gasteiger partial charge on any atom is -0.494 e. The molecule has 7 heteroatoms. The number of aromatic nitrogens is 2. The summed E-state index contributed by atoms with van der Waals surface area (Å²) >= 11 is 5.48. The van der Waals surface area contributed by atoms with E-state index in [1.165, 1.54) is 38.5 Å². The van der Waals surface area contributed by atoms with Crippen LogP contribution in [0, 0.1) is 6.92 Å². The zero-order valence-corrected chi connectivity index (χ0v) is 17.4. The lowest BCUT2D eigenvalue weighted by atomic mass is 10.1. The van der Waals surface area contributed by atoms with Gasteiger partial charge in [0.25, 0.3) is 0 Å². The van der Waals surface area contributed by atoms with Crippen molar-refractivity contribution < 1.29 is 4.74 Å². The van der Waals surface area contributed by atoms with E-state index in [4.69, 9.17) is 17.0 Å². The van der Waals surface area contributed by atoms with E-state index in [-0.39, 0.29) is 0 Å². The first-order chi connectivity index (χ1) is 13.6. The van der Waals surface area contributed by atoms with Crippen LogP contribution in [0.15, 0.2) is 30.3 Å². The van der Waals surface area contributed by atoms with Gasteiger partial charge in [0.1, 0.15) is 11.6 Å². The van der Waals surface area contributed by atoms with Crippen LogP contribution in [0.25, 0.3) is 0 Å². The number of hydrogen-bond donors (Lipinski definition) is 3. The van der Waals surface area contributed by atoms with Gasteiger partial charge in [-0.2, -0.15) is 4.98 Å². The number of benzene rings is 1. The van der Waals surface area contributed by atoms with E-state index in [9.17, 15) is 0 Å². The Morgan fingerprint density at radius 3 is 2.50 bits per heavy atom. The number of nitrogens with zero attached hydrogens (tertiary/aromatic N) is 2. The molecule has 0 atom stereocenters. The van der Waals surface area contributed by atoms with Gasteiger partial charge >= 0.3 is 0 Å². The second-order valence-electron chi connectivity index (χ2n) is 7.09. The van der Waals surface area contributed by atoms with Crippen molar-refractivity contribution in [2.24, 2.45) is 0 Å². The van der Waals surface area contributed by atoms with Gasteiger partial charge in [0.05, 0.1) is 6.61 Å². The van der Waals surface area contributed by atoms with Crippen molar-refractivity contribution in [3.8, 4) is 5.75 Å². The fourth-order valence-corrected chi connectivity index (χ4v) is 3.64. The highest BCUT2D eigenvalue weighted by molar-refractivity contribution is 7.80. The molecule has 0 radical (unpaired) electrons. The number of ether oxygens (including phenoxy) is 1. The minimum absolute atomic E-state index is 0.439. The Labute approximate surface area is 172 Å². The average molecular weight is 400 g/mol. The number of thiocarbonyl (C=S) groups is 1. The molecule has 28 heavy (non-hydrogen) atoms. The van der Waals surface area contributed by atoms with Crippen LogP contribution < -0.4 is 20.7 Å². The van der Waals surface area contributed by atoms with Crippen molar-refractivity contribution in [3.05, 3.63) is 36.0 Å². The van der Waals surface area contributed by atoms with E-state index in [0.29, 0.717) is 23.7 Å². The first-order valence-electron chi connectivity index (χ1n) is 10.1. The number of anilines is 3. The van der Waals surface area contributed by atoms with Crippen LogP contribution in [0.3, 0.4) is 0 Å². The Hall–Kier alpha value is -2.41. The van der Waals surface area contributed by atoms with Gasteiger partial charge in [-0.15, -0.1) is 0 Å². The average Bonchev–Trinajstić information content (AvgIpc) is 2.91. The lowest BCUT2D eigenvalue weighted by Gasteiger charge is -2.18. The predicted octanol–water partition coefficient (Wildman–Crippen LogP) is 4.94. The summed E-state index contributed by atoms with van der Waals surface area (Å²) in [6.07, 6.45) is 7.50. The highest BCUT2D eigenvalue weighted by Gasteiger charge is 2.14. The maximum atomic E-state index is 5.48. The predicted molar refractivity (Wildman–Crippen MR) is 119 cm³/mol. The topological polar surface area (TPSA) is 71.1 Å². The van der Waals surface area contributed by atoms with Crippen LogP contribution in [0.1, 0.15) is 51.1 Å². The van der Waals surface area contributed by atoms with E-state index in [1.54, 1.807) is 0 Å². The van der Waals surface area contributed by atoms with Gasteiger partial charge in [-0.25, -0.2) is 4.98 Å². The monoisotopic (exact) mass is 399 g/mol. The molecule has 1 aromatic heterocycles. The van der Waals surface area contributed by atoms with Crippen molar-refractivity contribution in [2.45, 2.75) is 58.4 Å². The largest absolute Gasteiger partial charge is 0.494 e. The summed E-state index contributed by atoms with van der Waals surface area (Å²) in [5, 5.41) is 10.5. The van der Waals surface area contributed by atoms with Gasteiger partial charge in [0.2, 0.25) is 5.95 Å². The van der Waals surface area contributed by atoms with Gasteiger partial charge in [-0.05, 0) is 63.2 Å². The van der Waals surface area contributed by atoms with E-state index >= 15 is 0 Å². The maximum Gasteiger partial charge on any atom is 0.231 e. The van der Waals surface area contributed by atoms with E-state index in [0.717, 1.165) is 22.9 Å². The second-order valence-corrected chi connectivity index (χ2v) is 7.50. The molecule has 0 spiro atoms. The van der Waals surface area contributed by atoms with Crippen LogP contribution in [0.2, 0.25) is 0 Å². The van der Waals surface area contributed by atoms with Crippen LogP contribution in [0.5, 0.6) is 5.75 Å². The fraction of sp³-hybridized carbons (Fsp3) is 0.476. The summed E-state index contributed by atoms with van der Waals surface area (Å²) in [5.41, 5.74) is 1.80. The molecule has 0 bridgehead atoms. The molecule has 1 heterocycles. The van der Waals surface area contributed by atoms with Gasteiger partial charge in [0, 0.05) is 23.5 Å². The van der Waals surface area contributed by atoms with Crippen molar-refractivity contribution in [3.63, 3.8) is 0 Å². The summed E-state index contributed by atoms with van der Waals surface area (Å²) < 4.78 is 5.48. The molecular formula is C21H29N5OS. The summed E-state index contributed by atoms with van der Waals surface area (Å²) in [6.45, 7) is 4.57. The summed E-state index contributed by atoms with van der Waals surface area (Å²) in [6, 6.07) is 10.1. The van der Waals surface area contributed by atoms with Crippen LogP contribution in [0.4, 0.5) is 17.5 Å². The molecular weight excluding hydrogens is 370 g/mol. The van der Waals surface area contributed by atoms with Crippen molar-refractivity contribution in [1.29, 1.82) is 0 Å². The molecule has 1 aliphatic rings. The zero-order valence-electron chi connectivity index (χ0n) is 16.6. The molecule has 3 rings (SSSR count). The van der Waals surface area contributed by atoms with Crippen LogP contribution in [-0.4, -0.2) is 27.7 Å². The molecule has 1 aromatic carbocycles. The third-order valence-electron chi connectivity index (χ3n) is 4.71. The molecule has 1 saturated carbocycles. The molecule has 150 valence electrons. The molecule has 0 amide bonds. The maximum absolute atomic E-state index is 5.48. The molecule has 1 aliphatic carbocycles. The third-order valence-corrected chi connectivity index (χ3v) is 4.93. The Balaban J connectivity index is 1.61.